The first-order chi connectivity index (χ1) is 19.9. The highest BCUT2D eigenvalue weighted by atomic mass is 35.5. The van der Waals surface area contributed by atoms with Gasteiger partial charge >= 0.3 is 5.97 Å². The highest BCUT2D eigenvalue weighted by Gasteiger charge is 2.46. The summed E-state index contributed by atoms with van der Waals surface area (Å²) in [7, 11) is 0. The van der Waals surface area contributed by atoms with Crippen molar-refractivity contribution in [3.8, 4) is 22.1 Å². The van der Waals surface area contributed by atoms with Gasteiger partial charge in [0, 0.05) is 17.9 Å². The Morgan fingerprint density at radius 1 is 0.927 bits per heavy atom. The average molecular weight is 583 g/mol. The fourth-order valence-corrected chi connectivity index (χ4v) is 6.18. The number of carbonyl (C=O) groups is 2. The first-order valence-corrected chi connectivity index (χ1v) is 14.6. The number of esters is 1. The summed E-state index contributed by atoms with van der Waals surface area (Å²) >= 11 is 7.53. The van der Waals surface area contributed by atoms with Gasteiger partial charge in [0.1, 0.15) is 11.3 Å². The maximum atomic E-state index is 13.3. The molecule has 1 N–H and O–H groups in total. The molecule has 0 saturated carbocycles. The fraction of sp³-hybridized carbons (Fsp3) is 0.182. The molecule has 1 unspecified atom stereocenters. The van der Waals surface area contributed by atoms with Crippen LogP contribution in [0.5, 0.6) is 10.9 Å². The van der Waals surface area contributed by atoms with Gasteiger partial charge in [0.15, 0.2) is 0 Å². The van der Waals surface area contributed by atoms with Gasteiger partial charge in [0.25, 0.3) is 5.19 Å². The Balaban J connectivity index is 1.15. The van der Waals surface area contributed by atoms with E-state index in [0.29, 0.717) is 28.8 Å². The lowest BCUT2D eigenvalue weighted by Crippen LogP contribution is -2.56. The number of rotatable bonds is 8. The van der Waals surface area contributed by atoms with Crippen LogP contribution in [0.2, 0.25) is 5.02 Å². The van der Waals surface area contributed by atoms with E-state index in [4.69, 9.17) is 21.1 Å². The zero-order valence-corrected chi connectivity index (χ0v) is 23.9. The van der Waals surface area contributed by atoms with Gasteiger partial charge in [-0.2, -0.15) is 0 Å². The molecule has 0 saturated heterocycles. The number of para-hydroxylation sites is 1. The van der Waals surface area contributed by atoms with Gasteiger partial charge in [-0.05, 0) is 71.1 Å². The Hall–Kier alpha value is -4.20. The molecule has 1 aliphatic carbocycles. The first-order valence-electron chi connectivity index (χ1n) is 13.4. The highest BCUT2D eigenvalue weighted by Crippen LogP contribution is 2.35. The molecule has 0 fully saturated rings. The molecule has 6 nitrogen and oxygen atoms in total. The van der Waals surface area contributed by atoms with Gasteiger partial charge in [-0.3, -0.25) is 4.79 Å². The Bertz CT molecular complexity index is 1700. The molecular weight excluding hydrogens is 556 g/mol. The third kappa shape index (κ3) is 5.82. The van der Waals surface area contributed by atoms with Crippen LogP contribution in [0.25, 0.3) is 21.3 Å². The van der Waals surface area contributed by atoms with Gasteiger partial charge in [0.05, 0.1) is 23.2 Å². The van der Waals surface area contributed by atoms with E-state index in [2.05, 4.69) is 16.4 Å². The Morgan fingerprint density at radius 2 is 1.66 bits per heavy atom. The first kappa shape index (κ1) is 27.0. The van der Waals surface area contributed by atoms with Crippen molar-refractivity contribution in [2.75, 3.05) is 6.61 Å². The van der Waals surface area contributed by atoms with E-state index in [1.165, 1.54) is 11.3 Å². The molecule has 6 rings (SSSR count). The predicted molar refractivity (Wildman–Crippen MR) is 162 cm³/mol. The highest BCUT2D eigenvalue weighted by molar-refractivity contribution is 7.20. The number of fused-ring (bicyclic) bond motifs is 2. The summed E-state index contributed by atoms with van der Waals surface area (Å²) in [5.74, 6) is -0.0280. The molecule has 8 heteroatoms. The molecule has 1 heterocycles. The second-order valence-corrected chi connectivity index (χ2v) is 11.5. The van der Waals surface area contributed by atoms with E-state index in [1.54, 1.807) is 6.92 Å². The third-order valence-electron chi connectivity index (χ3n) is 7.18. The summed E-state index contributed by atoms with van der Waals surface area (Å²) in [5, 5.41) is 4.28. The summed E-state index contributed by atoms with van der Waals surface area (Å²) in [4.78, 5) is 31.0. The van der Waals surface area contributed by atoms with E-state index in [0.717, 1.165) is 38.0 Å². The SMILES string of the molecule is CCOC(=O)C1(NC(=O)Cc2ccc(Oc3nc4ccccc4s3)cc2)Cc2ccc(-c3ccc(Cl)cc3)cc2C1. The summed E-state index contributed by atoms with van der Waals surface area (Å²) in [6.07, 6.45) is 0.862. The second kappa shape index (κ2) is 11.4. The largest absolute Gasteiger partial charge is 0.464 e. The molecule has 0 bridgehead atoms. The minimum Gasteiger partial charge on any atom is -0.464 e. The average Bonchev–Trinajstić information content (AvgIpc) is 3.55. The maximum Gasteiger partial charge on any atom is 0.332 e. The van der Waals surface area contributed by atoms with Crippen molar-refractivity contribution in [1.29, 1.82) is 0 Å². The van der Waals surface area contributed by atoms with Gasteiger partial charge in [-0.25, -0.2) is 9.78 Å². The molecule has 206 valence electrons. The van der Waals surface area contributed by atoms with Crippen LogP contribution in [0.4, 0.5) is 0 Å². The van der Waals surface area contributed by atoms with Crippen molar-refractivity contribution in [3.63, 3.8) is 0 Å². The summed E-state index contributed by atoms with van der Waals surface area (Å²) in [5.41, 5.74) is 4.65. The van der Waals surface area contributed by atoms with Crippen molar-refractivity contribution >= 4 is 45.0 Å². The van der Waals surface area contributed by atoms with Crippen LogP contribution < -0.4 is 10.1 Å². The van der Waals surface area contributed by atoms with E-state index in [-0.39, 0.29) is 18.9 Å². The Morgan fingerprint density at radius 3 is 2.41 bits per heavy atom. The van der Waals surface area contributed by atoms with Crippen molar-refractivity contribution in [3.05, 3.63) is 113 Å². The number of aromatic nitrogens is 1. The molecular formula is C33H27ClN2O4S. The van der Waals surface area contributed by atoms with Crippen LogP contribution in [0, 0.1) is 0 Å². The van der Waals surface area contributed by atoms with Crippen molar-refractivity contribution in [1.82, 2.24) is 10.3 Å². The number of halogens is 1. The van der Waals surface area contributed by atoms with E-state index < -0.39 is 11.5 Å². The summed E-state index contributed by atoms with van der Waals surface area (Å²) in [6, 6.07) is 29.0. The van der Waals surface area contributed by atoms with Crippen LogP contribution in [0.3, 0.4) is 0 Å². The van der Waals surface area contributed by atoms with Crippen molar-refractivity contribution < 1.29 is 19.1 Å². The normalized spacial score (nSPS) is 15.9. The van der Waals surface area contributed by atoms with Crippen LogP contribution >= 0.6 is 22.9 Å². The predicted octanol–water partition coefficient (Wildman–Crippen LogP) is 7.17. The molecule has 0 aliphatic heterocycles. The quantitative estimate of drug-likeness (QED) is 0.196. The molecule has 5 aromatic rings. The van der Waals surface area contributed by atoms with Crippen LogP contribution in [0.1, 0.15) is 23.6 Å². The van der Waals surface area contributed by atoms with Gasteiger partial charge in [-0.1, -0.05) is 77.5 Å². The molecule has 0 radical (unpaired) electrons. The zero-order valence-electron chi connectivity index (χ0n) is 22.4. The van der Waals surface area contributed by atoms with Crippen molar-refractivity contribution in [2.24, 2.45) is 0 Å². The number of amides is 1. The molecule has 0 spiro atoms. The summed E-state index contributed by atoms with van der Waals surface area (Å²) < 4.78 is 12.4. The molecule has 1 aromatic heterocycles. The minimum absolute atomic E-state index is 0.120. The molecule has 1 aliphatic rings. The number of nitrogens with zero attached hydrogens (tertiary/aromatic N) is 1. The lowest BCUT2D eigenvalue weighted by atomic mass is 9.95. The standard InChI is InChI=1S/C33H27ClN2O4S/c1-2-39-31(38)33(19-24-10-9-23(18-25(24)20-33)22-11-13-26(34)14-12-22)36-30(37)17-21-7-15-27(16-8-21)40-32-35-28-5-3-4-6-29(28)41-32/h3-16,18H,2,17,19-20H2,1H3,(H,36,37). The van der Waals surface area contributed by atoms with Crippen LogP contribution in [-0.2, 0) is 33.6 Å². The van der Waals surface area contributed by atoms with E-state index in [9.17, 15) is 9.59 Å². The van der Waals surface area contributed by atoms with Gasteiger partial charge in [0.2, 0.25) is 5.91 Å². The number of ether oxygens (including phenoxy) is 2. The molecule has 1 amide bonds. The summed E-state index contributed by atoms with van der Waals surface area (Å²) in [6.45, 7) is 2.01. The minimum atomic E-state index is -1.15. The van der Waals surface area contributed by atoms with Gasteiger partial charge in [-0.15, -0.1) is 0 Å². The fourth-order valence-electron chi connectivity index (χ4n) is 5.22. The zero-order chi connectivity index (χ0) is 28.4. The van der Waals surface area contributed by atoms with Crippen molar-refractivity contribution in [2.45, 2.75) is 31.7 Å². The number of thiazole rings is 1. The van der Waals surface area contributed by atoms with Crippen LogP contribution in [0.15, 0.2) is 91.0 Å². The lowest BCUT2D eigenvalue weighted by molar-refractivity contribution is -0.153. The lowest BCUT2D eigenvalue weighted by Gasteiger charge is -2.28. The Kier molecular flexibility index (Phi) is 7.47. The second-order valence-electron chi connectivity index (χ2n) is 10.1. The maximum absolute atomic E-state index is 13.3. The smallest absolute Gasteiger partial charge is 0.332 e. The topological polar surface area (TPSA) is 77.5 Å². The number of nitrogens with one attached hydrogen (secondary N) is 1. The Labute approximate surface area is 246 Å². The number of carbonyl (C=O) groups excluding carboxylic acids is 2. The van der Waals surface area contributed by atoms with E-state index >= 15 is 0 Å². The molecule has 41 heavy (non-hydrogen) atoms. The molecule has 4 aromatic carbocycles. The van der Waals surface area contributed by atoms with Crippen LogP contribution in [-0.4, -0.2) is 29.0 Å². The van der Waals surface area contributed by atoms with E-state index in [1.807, 2.05) is 84.9 Å². The third-order valence-corrected chi connectivity index (χ3v) is 8.35. The number of benzene rings is 4. The number of hydrogen-bond acceptors (Lipinski definition) is 6. The molecule has 1 atom stereocenters. The monoisotopic (exact) mass is 582 g/mol. The number of hydrogen-bond donors (Lipinski definition) is 1. The van der Waals surface area contributed by atoms with Gasteiger partial charge < -0.3 is 14.8 Å².